The highest BCUT2D eigenvalue weighted by Crippen LogP contribution is 2.47. The molecule has 6 heteroatoms. The summed E-state index contributed by atoms with van der Waals surface area (Å²) in [6.07, 6.45) is 5.63. The Morgan fingerprint density at radius 2 is 1.80 bits per heavy atom. The van der Waals surface area contributed by atoms with Gasteiger partial charge in [0.2, 0.25) is 0 Å². The third-order valence-corrected chi connectivity index (χ3v) is 7.09. The molecule has 30 heavy (non-hydrogen) atoms. The minimum absolute atomic E-state index is 0.117. The summed E-state index contributed by atoms with van der Waals surface area (Å²) in [5.41, 5.74) is 6.80. The van der Waals surface area contributed by atoms with Crippen LogP contribution in [0.2, 0.25) is 5.02 Å². The zero-order valence-electron chi connectivity index (χ0n) is 16.4. The van der Waals surface area contributed by atoms with Gasteiger partial charge in [-0.25, -0.2) is 13.9 Å². The van der Waals surface area contributed by atoms with Gasteiger partial charge in [0.1, 0.15) is 12.1 Å². The van der Waals surface area contributed by atoms with E-state index >= 15 is 0 Å². The Balaban J connectivity index is 1.50. The highest BCUT2D eigenvalue weighted by Gasteiger charge is 2.42. The first-order chi connectivity index (χ1) is 14.6. The first kappa shape index (κ1) is 18.0. The molecule has 7 rings (SSSR count). The number of halogens is 2. The van der Waals surface area contributed by atoms with E-state index in [1.165, 1.54) is 22.8 Å². The number of piperidine rings is 1. The number of nitrogens with zero attached hydrogens (tertiary/aromatic N) is 4. The molecule has 150 valence electrons. The summed E-state index contributed by atoms with van der Waals surface area (Å²) in [6, 6.07) is 16.1. The van der Waals surface area contributed by atoms with Crippen molar-refractivity contribution in [3.8, 4) is 11.1 Å². The van der Waals surface area contributed by atoms with Crippen LogP contribution in [-0.4, -0.2) is 32.6 Å². The van der Waals surface area contributed by atoms with Crippen LogP contribution in [0.4, 0.5) is 4.39 Å². The fourth-order valence-electron chi connectivity index (χ4n) is 5.20. The lowest BCUT2D eigenvalue weighted by atomic mass is 9.68. The molecule has 0 amide bonds. The van der Waals surface area contributed by atoms with Crippen molar-refractivity contribution < 1.29 is 4.39 Å². The molecule has 5 heterocycles. The average molecular weight is 419 g/mol. The molecule has 0 saturated carbocycles. The van der Waals surface area contributed by atoms with Crippen LogP contribution >= 0.6 is 11.6 Å². The Morgan fingerprint density at radius 3 is 2.63 bits per heavy atom. The molecule has 0 N–H and O–H groups in total. The van der Waals surface area contributed by atoms with Gasteiger partial charge in [-0.05, 0) is 78.5 Å². The minimum atomic E-state index is -0.359. The molecule has 3 aliphatic rings. The van der Waals surface area contributed by atoms with E-state index in [0.717, 1.165) is 49.2 Å². The predicted molar refractivity (Wildman–Crippen MR) is 115 cm³/mol. The summed E-state index contributed by atoms with van der Waals surface area (Å²) in [7, 11) is 0. The van der Waals surface area contributed by atoms with Crippen molar-refractivity contribution >= 4 is 17.2 Å². The molecule has 0 spiro atoms. The summed E-state index contributed by atoms with van der Waals surface area (Å²) in [5, 5.41) is 4.46. The van der Waals surface area contributed by atoms with Gasteiger partial charge in [0.15, 0.2) is 5.65 Å². The summed E-state index contributed by atoms with van der Waals surface area (Å²) in [6.45, 7) is 3.00. The number of hydrogen-bond donors (Lipinski definition) is 0. The van der Waals surface area contributed by atoms with Crippen LogP contribution in [-0.2, 0) is 12.0 Å². The quantitative estimate of drug-likeness (QED) is 0.455. The largest absolute Gasteiger partial charge is 0.299 e. The van der Waals surface area contributed by atoms with Crippen molar-refractivity contribution in [1.82, 2.24) is 19.5 Å². The Morgan fingerprint density at radius 1 is 0.967 bits per heavy atom. The second kappa shape index (κ2) is 6.62. The van der Waals surface area contributed by atoms with Crippen LogP contribution in [0.1, 0.15) is 29.5 Å². The molecule has 4 aromatic rings. The van der Waals surface area contributed by atoms with Crippen LogP contribution in [0, 0.1) is 5.82 Å². The van der Waals surface area contributed by atoms with Gasteiger partial charge in [-0.15, -0.1) is 0 Å². The summed E-state index contributed by atoms with van der Waals surface area (Å²) in [4.78, 5) is 6.74. The number of aromatic nitrogens is 3. The number of hydrogen-bond acceptors (Lipinski definition) is 3. The van der Waals surface area contributed by atoms with Crippen molar-refractivity contribution in [3.63, 3.8) is 0 Å². The van der Waals surface area contributed by atoms with E-state index < -0.39 is 0 Å². The Bertz CT molecular complexity index is 1270. The second-order valence-electron chi connectivity index (χ2n) is 8.34. The lowest BCUT2D eigenvalue weighted by Gasteiger charge is -2.39. The molecule has 0 atom stereocenters. The standard InChI is InChI=1S/C24H20ClFN4/c25-21-12-19(3-5-22(21)26)24-7-9-29(10-8-24)13-18-11-16(1-4-20(18)24)17-2-6-23-27-15-28-30(23)14-17/h1-6,11-12,14-15H,7-10,13H2. The van der Waals surface area contributed by atoms with Crippen molar-refractivity contribution in [3.05, 3.63) is 88.6 Å². The number of pyridine rings is 1. The van der Waals surface area contributed by atoms with E-state index in [2.05, 4.69) is 39.2 Å². The fourth-order valence-corrected chi connectivity index (χ4v) is 5.38. The highest BCUT2D eigenvalue weighted by atomic mass is 35.5. The van der Waals surface area contributed by atoms with Crippen LogP contribution in [0.15, 0.2) is 61.1 Å². The normalized spacial score (nSPS) is 22.8. The minimum Gasteiger partial charge on any atom is -0.299 e. The lowest BCUT2D eigenvalue weighted by Crippen LogP contribution is -2.39. The zero-order valence-corrected chi connectivity index (χ0v) is 17.1. The van der Waals surface area contributed by atoms with Gasteiger partial charge < -0.3 is 0 Å². The van der Waals surface area contributed by atoms with Crippen molar-refractivity contribution in [2.24, 2.45) is 0 Å². The summed E-state index contributed by atoms with van der Waals surface area (Å²) in [5.74, 6) is -0.359. The molecule has 0 aliphatic carbocycles. The van der Waals surface area contributed by atoms with Crippen LogP contribution in [0.25, 0.3) is 16.8 Å². The van der Waals surface area contributed by atoms with Gasteiger partial charge in [-0.1, -0.05) is 29.8 Å². The molecular formula is C24H20ClFN4. The second-order valence-corrected chi connectivity index (χ2v) is 8.75. The maximum absolute atomic E-state index is 13.9. The van der Waals surface area contributed by atoms with Gasteiger partial charge in [0.05, 0.1) is 5.02 Å². The summed E-state index contributed by atoms with van der Waals surface area (Å²) >= 11 is 6.18. The van der Waals surface area contributed by atoms with Gasteiger partial charge in [-0.2, -0.15) is 5.10 Å². The fraction of sp³-hybridized carbons (Fsp3) is 0.250. The predicted octanol–water partition coefficient (Wildman–Crippen LogP) is 5.08. The summed E-state index contributed by atoms with van der Waals surface area (Å²) < 4.78 is 15.7. The van der Waals surface area contributed by atoms with Crippen LogP contribution < -0.4 is 0 Å². The lowest BCUT2D eigenvalue weighted by molar-refractivity contribution is 0.190. The molecule has 0 radical (unpaired) electrons. The SMILES string of the molecule is Fc1ccc(C23CCN(CC2)Cc2cc(-c4ccc5ncnn5c4)ccc23)cc1Cl. The third-order valence-electron chi connectivity index (χ3n) is 6.80. The van der Waals surface area contributed by atoms with E-state index in [4.69, 9.17) is 11.6 Å². The van der Waals surface area contributed by atoms with E-state index in [9.17, 15) is 4.39 Å². The van der Waals surface area contributed by atoms with Gasteiger partial charge >= 0.3 is 0 Å². The molecule has 1 fully saturated rings. The molecule has 3 aliphatic heterocycles. The van der Waals surface area contributed by atoms with E-state index in [-0.39, 0.29) is 16.3 Å². The molecule has 2 bridgehead atoms. The van der Waals surface area contributed by atoms with Crippen LogP contribution in [0.3, 0.4) is 0 Å². The molecule has 1 saturated heterocycles. The van der Waals surface area contributed by atoms with Crippen molar-refractivity contribution in [1.29, 1.82) is 0 Å². The average Bonchev–Trinajstić information content (AvgIpc) is 3.11. The Labute approximate surface area is 178 Å². The van der Waals surface area contributed by atoms with Gasteiger partial charge in [-0.3, -0.25) is 4.90 Å². The third kappa shape index (κ3) is 2.69. The maximum Gasteiger partial charge on any atom is 0.155 e. The van der Waals surface area contributed by atoms with Gasteiger partial charge in [0, 0.05) is 23.7 Å². The molecule has 2 aromatic heterocycles. The Hall–Kier alpha value is -2.76. The first-order valence-corrected chi connectivity index (χ1v) is 10.6. The van der Waals surface area contributed by atoms with E-state index in [0.29, 0.717) is 0 Å². The smallest absolute Gasteiger partial charge is 0.155 e. The monoisotopic (exact) mass is 418 g/mol. The molecular weight excluding hydrogens is 399 g/mol. The number of rotatable bonds is 2. The van der Waals surface area contributed by atoms with Crippen molar-refractivity contribution in [2.75, 3.05) is 13.1 Å². The van der Waals surface area contributed by atoms with Crippen molar-refractivity contribution in [2.45, 2.75) is 24.8 Å². The molecule has 0 unspecified atom stereocenters. The van der Waals surface area contributed by atoms with E-state index in [1.807, 2.05) is 24.4 Å². The Kier molecular flexibility index (Phi) is 3.98. The molecule has 4 nitrogen and oxygen atoms in total. The highest BCUT2D eigenvalue weighted by molar-refractivity contribution is 6.30. The zero-order chi connectivity index (χ0) is 20.3. The van der Waals surface area contributed by atoms with Gasteiger partial charge in [0.25, 0.3) is 0 Å². The molecule has 2 aromatic carbocycles. The van der Waals surface area contributed by atoms with E-state index in [1.54, 1.807) is 10.8 Å². The first-order valence-electron chi connectivity index (χ1n) is 10.2. The number of benzene rings is 2. The van der Waals surface area contributed by atoms with Crippen LogP contribution in [0.5, 0.6) is 0 Å². The topological polar surface area (TPSA) is 33.4 Å². The maximum atomic E-state index is 13.9. The number of fused-ring (bicyclic) bond motifs is 3.